The van der Waals surface area contributed by atoms with Crippen molar-refractivity contribution in [3.63, 3.8) is 0 Å². The van der Waals surface area contributed by atoms with Crippen molar-refractivity contribution in [1.29, 1.82) is 0 Å². The molecule has 1 saturated carbocycles. The van der Waals surface area contributed by atoms with E-state index < -0.39 is 0 Å². The summed E-state index contributed by atoms with van der Waals surface area (Å²) in [7, 11) is 1.78. The third-order valence-corrected chi connectivity index (χ3v) is 4.05. The molecule has 5 nitrogen and oxygen atoms in total. The highest BCUT2D eigenvalue weighted by molar-refractivity contribution is 14.0. The number of aliphatic imine (C=N–C) groups is 1. The lowest BCUT2D eigenvalue weighted by Crippen LogP contribution is -2.39. The summed E-state index contributed by atoms with van der Waals surface area (Å²) in [5, 5.41) is 9.48. The van der Waals surface area contributed by atoms with Gasteiger partial charge in [-0.15, -0.1) is 24.0 Å². The Hall–Kier alpha value is -0.830. The first-order valence-electron chi connectivity index (χ1n) is 7.67. The number of halogens is 2. The van der Waals surface area contributed by atoms with Crippen molar-refractivity contribution >= 4 is 51.8 Å². The van der Waals surface area contributed by atoms with Crippen LogP contribution in [-0.4, -0.2) is 38.5 Å². The molecule has 0 radical (unpaired) electrons. The number of hydrogen-bond acceptors (Lipinski definition) is 2. The number of guanidine groups is 1. The van der Waals surface area contributed by atoms with E-state index in [-0.39, 0.29) is 29.9 Å². The molecule has 0 aromatic heterocycles. The number of hydrogen-bond donors (Lipinski definition) is 3. The molecule has 0 heterocycles. The van der Waals surface area contributed by atoms with Gasteiger partial charge in [-0.3, -0.25) is 9.79 Å². The Morgan fingerprint density at radius 1 is 1.17 bits per heavy atom. The van der Waals surface area contributed by atoms with E-state index in [1.807, 2.05) is 12.1 Å². The van der Waals surface area contributed by atoms with Gasteiger partial charge in [0.05, 0.1) is 0 Å². The van der Waals surface area contributed by atoms with Gasteiger partial charge in [0.2, 0.25) is 0 Å². The normalized spacial score (nSPS) is 13.9. The van der Waals surface area contributed by atoms with Gasteiger partial charge in [-0.05, 0) is 49.4 Å². The van der Waals surface area contributed by atoms with Crippen molar-refractivity contribution in [2.75, 3.05) is 26.7 Å². The number of amides is 1. The van der Waals surface area contributed by atoms with E-state index in [9.17, 15) is 4.79 Å². The first-order valence-corrected chi connectivity index (χ1v) is 8.46. The lowest BCUT2D eigenvalue weighted by atomic mass is 10.2. The fourth-order valence-electron chi connectivity index (χ4n) is 1.98. The monoisotopic (exact) mass is 494 g/mol. The molecule has 1 aromatic rings. The van der Waals surface area contributed by atoms with Crippen LogP contribution in [0.1, 0.15) is 29.6 Å². The Kier molecular flexibility index (Phi) is 9.54. The molecule has 23 heavy (non-hydrogen) atoms. The zero-order valence-electron chi connectivity index (χ0n) is 13.3. The van der Waals surface area contributed by atoms with Crippen LogP contribution in [0.4, 0.5) is 0 Å². The predicted octanol–water partition coefficient (Wildman–Crippen LogP) is 2.76. The minimum absolute atomic E-state index is 0. The highest BCUT2D eigenvalue weighted by Gasteiger charge is 2.20. The topological polar surface area (TPSA) is 65.5 Å². The second-order valence-corrected chi connectivity index (χ2v) is 6.36. The second kappa shape index (κ2) is 10.9. The summed E-state index contributed by atoms with van der Waals surface area (Å²) in [5.74, 6) is 1.62. The van der Waals surface area contributed by atoms with Crippen LogP contribution in [0.3, 0.4) is 0 Å². The molecule has 1 aliphatic carbocycles. The molecule has 2 rings (SSSR count). The first kappa shape index (κ1) is 20.2. The van der Waals surface area contributed by atoms with Crippen LogP contribution < -0.4 is 16.0 Å². The maximum absolute atomic E-state index is 11.9. The summed E-state index contributed by atoms with van der Waals surface area (Å²) in [6.45, 7) is 2.42. The van der Waals surface area contributed by atoms with E-state index in [1.165, 1.54) is 12.8 Å². The highest BCUT2D eigenvalue weighted by Crippen LogP contribution is 2.27. The van der Waals surface area contributed by atoms with E-state index >= 15 is 0 Å². The maximum Gasteiger partial charge on any atom is 0.251 e. The second-order valence-electron chi connectivity index (χ2n) is 5.44. The van der Waals surface area contributed by atoms with Crippen molar-refractivity contribution in [1.82, 2.24) is 16.0 Å². The van der Waals surface area contributed by atoms with Gasteiger partial charge in [-0.1, -0.05) is 15.9 Å². The van der Waals surface area contributed by atoms with E-state index in [2.05, 4.69) is 36.9 Å². The van der Waals surface area contributed by atoms with Crippen LogP contribution in [0.25, 0.3) is 0 Å². The SMILES string of the molecule is CN=C(NCCCNC(=O)c1ccc(Br)cc1)NCC1CC1.I. The maximum atomic E-state index is 11.9. The van der Waals surface area contributed by atoms with Gasteiger partial charge in [-0.2, -0.15) is 0 Å². The molecule has 1 aliphatic rings. The summed E-state index contributed by atoms with van der Waals surface area (Å²) >= 11 is 3.36. The number of rotatable bonds is 7. The van der Waals surface area contributed by atoms with E-state index in [0.717, 1.165) is 35.9 Å². The third-order valence-electron chi connectivity index (χ3n) is 3.52. The molecule has 0 saturated heterocycles. The summed E-state index contributed by atoms with van der Waals surface area (Å²) in [6, 6.07) is 7.35. The number of carbonyl (C=O) groups is 1. The Bertz CT molecular complexity index is 517. The molecule has 128 valence electrons. The average Bonchev–Trinajstić information content (AvgIpc) is 3.34. The van der Waals surface area contributed by atoms with E-state index in [4.69, 9.17) is 0 Å². The molecule has 7 heteroatoms. The molecule has 0 spiro atoms. The van der Waals surface area contributed by atoms with Crippen LogP contribution in [-0.2, 0) is 0 Å². The first-order chi connectivity index (χ1) is 10.7. The van der Waals surface area contributed by atoms with Crippen LogP contribution in [0.2, 0.25) is 0 Å². The molecule has 0 bridgehead atoms. The zero-order chi connectivity index (χ0) is 15.8. The van der Waals surface area contributed by atoms with E-state index in [1.54, 1.807) is 19.2 Å². The van der Waals surface area contributed by atoms with Gasteiger partial charge >= 0.3 is 0 Å². The minimum Gasteiger partial charge on any atom is -0.356 e. The Morgan fingerprint density at radius 3 is 2.43 bits per heavy atom. The van der Waals surface area contributed by atoms with Crippen molar-refractivity contribution in [3.05, 3.63) is 34.3 Å². The molecular weight excluding hydrogens is 471 g/mol. The van der Waals surface area contributed by atoms with Gasteiger partial charge in [0, 0.05) is 36.7 Å². The van der Waals surface area contributed by atoms with Crippen molar-refractivity contribution in [3.8, 4) is 0 Å². The summed E-state index contributed by atoms with van der Waals surface area (Å²) in [6.07, 6.45) is 3.50. The number of nitrogens with one attached hydrogen (secondary N) is 3. The van der Waals surface area contributed by atoms with Crippen LogP contribution >= 0.6 is 39.9 Å². The fraction of sp³-hybridized carbons (Fsp3) is 0.500. The minimum atomic E-state index is -0.0382. The lowest BCUT2D eigenvalue weighted by Gasteiger charge is -2.11. The largest absolute Gasteiger partial charge is 0.356 e. The van der Waals surface area contributed by atoms with Crippen molar-refractivity contribution < 1.29 is 4.79 Å². The van der Waals surface area contributed by atoms with Gasteiger partial charge < -0.3 is 16.0 Å². The molecule has 1 amide bonds. The van der Waals surface area contributed by atoms with Crippen LogP contribution in [0.15, 0.2) is 33.7 Å². The van der Waals surface area contributed by atoms with Gasteiger partial charge in [0.25, 0.3) is 5.91 Å². The zero-order valence-corrected chi connectivity index (χ0v) is 17.2. The predicted molar refractivity (Wildman–Crippen MR) is 109 cm³/mol. The summed E-state index contributed by atoms with van der Waals surface area (Å²) < 4.78 is 0.971. The van der Waals surface area contributed by atoms with Crippen LogP contribution in [0.5, 0.6) is 0 Å². The number of carbonyl (C=O) groups excluding carboxylic acids is 1. The Morgan fingerprint density at radius 2 is 1.83 bits per heavy atom. The van der Waals surface area contributed by atoms with Gasteiger partial charge in [0.1, 0.15) is 0 Å². The standard InChI is InChI=1S/C16H23BrN4O.HI/c1-18-16(21-11-12-3-4-12)20-10-2-9-19-15(22)13-5-7-14(17)8-6-13;/h5-8,12H,2-4,9-11H2,1H3,(H,19,22)(H2,18,20,21);1H. The van der Waals surface area contributed by atoms with Crippen molar-refractivity contribution in [2.45, 2.75) is 19.3 Å². The molecule has 0 atom stereocenters. The fourth-order valence-corrected chi connectivity index (χ4v) is 2.25. The molecule has 1 fully saturated rings. The van der Waals surface area contributed by atoms with E-state index in [0.29, 0.717) is 12.1 Å². The van der Waals surface area contributed by atoms with Gasteiger partial charge in [0.15, 0.2) is 5.96 Å². The quantitative estimate of drug-likeness (QED) is 0.236. The Balaban J connectivity index is 0.00000264. The highest BCUT2D eigenvalue weighted by atomic mass is 127. The smallest absolute Gasteiger partial charge is 0.251 e. The summed E-state index contributed by atoms with van der Waals surface area (Å²) in [5.41, 5.74) is 0.679. The summed E-state index contributed by atoms with van der Waals surface area (Å²) in [4.78, 5) is 16.1. The number of nitrogens with zero attached hydrogens (tertiary/aromatic N) is 1. The van der Waals surface area contributed by atoms with Gasteiger partial charge in [-0.25, -0.2) is 0 Å². The van der Waals surface area contributed by atoms with Crippen molar-refractivity contribution in [2.24, 2.45) is 10.9 Å². The molecular formula is C16H24BrIN4O. The molecule has 1 aromatic carbocycles. The Labute approximate surface area is 163 Å². The molecule has 3 N–H and O–H groups in total. The van der Waals surface area contributed by atoms with Crippen LogP contribution in [0, 0.1) is 5.92 Å². The molecule has 0 unspecified atom stereocenters. The average molecular weight is 495 g/mol. The lowest BCUT2D eigenvalue weighted by molar-refractivity contribution is 0.0953. The molecule has 0 aliphatic heterocycles. The number of benzene rings is 1. The third kappa shape index (κ3) is 8.01.